The van der Waals surface area contributed by atoms with Crippen LogP contribution in [0.1, 0.15) is 33.1 Å². The van der Waals surface area contributed by atoms with Crippen LogP contribution < -0.4 is 5.73 Å². The number of nitrogens with zero attached hydrogens (tertiary/aromatic N) is 2. The van der Waals surface area contributed by atoms with Crippen molar-refractivity contribution in [1.29, 1.82) is 0 Å². The number of hydrogen-bond acceptors (Lipinski definition) is 3. The minimum absolute atomic E-state index is 0.0419. The summed E-state index contributed by atoms with van der Waals surface area (Å²) in [5, 5.41) is 0. The fourth-order valence-electron chi connectivity index (χ4n) is 2.76. The molecule has 2 aliphatic rings. The van der Waals surface area contributed by atoms with E-state index in [1.165, 1.54) is 0 Å². The highest BCUT2D eigenvalue weighted by Gasteiger charge is 2.42. The summed E-state index contributed by atoms with van der Waals surface area (Å²) in [5.74, 6) is 0.536. The summed E-state index contributed by atoms with van der Waals surface area (Å²) in [5.41, 5.74) is 6.08. The molecule has 0 radical (unpaired) electrons. The molecule has 18 heavy (non-hydrogen) atoms. The molecule has 0 aliphatic carbocycles. The highest BCUT2D eigenvalue weighted by molar-refractivity contribution is 5.95. The summed E-state index contributed by atoms with van der Waals surface area (Å²) in [6, 6.07) is -0.255. The zero-order valence-corrected chi connectivity index (χ0v) is 11.3. The van der Waals surface area contributed by atoms with Crippen LogP contribution in [0.4, 0.5) is 0 Å². The van der Waals surface area contributed by atoms with Crippen LogP contribution in [0, 0.1) is 5.92 Å². The minimum atomic E-state index is -0.213. The predicted molar refractivity (Wildman–Crippen MR) is 68.7 cm³/mol. The normalized spacial score (nSPS) is 27.4. The zero-order valence-electron chi connectivity index (χ0n) is 11.3. The fourth-order valence-corrected chi connectivity index (χ4v) is 2.76. The standard InChI is InChI=1S/C13H23N3O2/c1-3-9(2)10(14)7-15-8-12(17)16-6-4-5-11(16)13(15)18/h9-11H,3-8,14H2,1-2H3. The van der Waals surface area contributed by atoms with E-state index in [4.69, 9.17) is 5.73 Å². The van der Waals surface area contributed by atoms with E-state index in [9.17, 15) is 9.59 Å². The van der Waals surface area contributed by atoms with Crippen LogP contribution >= 0.6 is 0 Å². The lowest BCUT2D eigenvalue weighted by Crippen LogP contribution is -2.59. The SMILES string of the molecule is CCC(C)C(N)CN1CC(=O)N2CCCC2C1=O. The fraction of sp³-hybridized carbons (Fsp3) is 0.846. The van der Waals surface area contributed by atoms with Crippen molar-refractivity contribution in [3.63, 3.8) is 0 Å². The highest BCUT2D eigenvalue weighted by atomic mass is 16.2. The predicted octanol–water partition coefficient (Wildman–Crippen LogP) is 0.193. The molecule has 3 unspecified atom stereocenters. The van der Waals surface area contributed by atoms with Crippen molar-refractivity contribution in [2.75, 3.05) is 19.6 Å². The number of hydrogen-bond donors (Lipinski definition) is 1. The first-order chi connectivity index (χ1) is 8.54. The van der Waals surface area contributed by atoms with Crippen LogP contribution in [0.3, 0.4) is 0 Å². The molecule has 2 amide bonds. The molecule has 2 aliphatic heterocycles. The summed E-state index contributed by atoms with van der Waals surface area (Å²) in [6.45, 7) is 5.62. The van der Waals surface area contributed by atoms with Crippen molar-refractivity contribution >= 4 is 11.8 Å². The maximum atomic E-state index is 12.3. The highest BCUT2D eigenvalue weighted by Crippen LogP contribution is 2.24. The van der Waals surface area contributed by atoms with Crippen LogP contribution in [0.15, 0.2) is 0 Å². The van der Waals surface area contributed by atoms with E-state index < -0.39 is 0 Å². The quantitative estimate of drug-likeness (QED) is 0.778. The topological polar surface area (TPSA) is 66.6 Å². The number of amides is 2. The molecule has 5 heteroatoms. The smallest absolute Gasteiger partial charge is 0.245 e. The number of carbonyl (C=O) groups is 2. The Hall–Kier alpha value is -1.10. The van der Waals surface area contributed by atoms with Crippen LogP contribution in [0.5, 0.6) is 0 Å². The Bertz CT molecular complexity index is 345. The van der Waals surface area contributed by atoms with Crippen molar-refractivity contribution in [3.8, 4) is 0 Å². The van der Waals surface area contributed by atoms with Gasteiger partial charge in [0.15, 0.2) is 0 Å². The van der Waals surface area contributed by atoms with Crippen LogP contribution in [-0.2, 0) is 9.59 Å². The van der Waals surface area contributed by atoms with Gasteiger partial charge in [-0.2, -0.15) is 0 Å². The van der Waals surface area contributed by atoms with Gasteiger partial charge in [-0.1, -0.05) is 20.3 Å². The third-order valence-corrected chi connectivity index (χ3v) is 4.30. The molecule has 0 saturated carbocycles. The van der Waals surface area contributed by atoms with Gasteiger partial charge in [0, 0.05) is 19.1 Å². The van der Waals surface area contributed by atoms with Crippen LogP contribution in [-0.4, -0.2) is 53.3 Å². The van der Waals surface area contributed by atoms with Gasteiger partial charge in [-0.05, 0) is 18.8 Å². The average molecular weight is 253 g/mol. The van der Waals surface area contributed by atoms with Gasteiger partial charge in [-0.25, -0.2) is 0 Å². The number of piperazine rings is 1. The van der Waals surface area contributed by atoms with Crippen molar-refractivity contribution in [2.24, 2.45) is 11.7 Å². The van der Waals surface area contributed by atoms with Gasteiger partial charge >= 0.3 is 0 Å². The van der Waals surface area contributed by atoms with Gasteiger partial charge in [0.25, 0.3) is 0 Å². The van der Waals surface area contributed by atoms with E-state index in [0.29, 0.717) is 12.5 Å². The molecule has 2 rings (SSSR count). The lowest BCUT2D eigenvalue weighted by molar-refractivity contribution is -0.153. The summed E-state index contributed by atoms with van der Waals surface area (Å²) in [4.78, 5) is 27.6. The third-order valence-electron chi connectivity index (χ3n) is 4.30. The third kappa shape index (κ3) is 2.36. The Balaban J connectivity index is 2.01. The molecular formula is C13H23N3O2. The van der Waals surface area contributed by atoms with E-state index in [1.807, 2.05) is 0 Å². The zero-order chi connectivity index (χ0) is 13.3. The van der Waals surface area contributed by atoms with Crippen LogP contribution in [0.2, 0.25) is 0 Å². The first-order valence-corrected chi connectivity index (χ1v) is 6.88. The molecule has 0 aromatic carbocycles. The van der Waals surface area contributed by atoms with Gasteiger partial charge in [0.1, 0.15) is 6.04 Å². The number of carbonyl (C=O) groups excluding carboxylic acids is 2. The first-order valence-electron chi connectivity index (χ1n) is 6.88. The molecule has 5 nitrogen and oxygen atoms in total. The molecule has 2 saturated heterocycles. The monoisotopic (exact) mass is 253 g/mol. The first kappa shape index (κ1) is 13.3. The maximum Gasteiger partial charge on any atom is 0.245 e. The van der Waals surface area contributed by atoms with E-state index in [-0.39, 0.29) is 30.4 Å². The molecule has 102 valence electrons. The van der Waals surface area contributed by atoms with Gasteiger partial charge in [0.05, 0.1) is 6.54 Å². The van der Waals surface area contributed by atoms with Crippen molar-refractivity contribution in [1.82, 2.24) is 9.80 Å². The maximum absolute atomic E-state index is 12.3. The molecule has 0 spiro atoms. The van der Waals surface area contributed by atoms with E-state index in [0.717, 1.165) is 25.8 Å². The van der Waals surface area contributed by atoms with E-state index in [1.54, 1.807) is 9.80 Å². The Morgan fingerprint density at radius 1 is 1.44 bits per heavy atom. The summed E-state index contributed by atoms with van der Waals surface area (Å²) >= 11 is 0. The summed E-state index contributed by atoms with van der Waals surface area (Å²) in [6.07, 6.45) is 2.74. The Labute approximate surface area is 108 Å². The van der Waals surface area contributed by atoms with Crippen LogP contribution in [0.25, 0.3) is 0 Å². The molecule has 0 bridgehead atoms. The Morgan fingerprint density at radius 2 is 2.17 bits per heavy atom. The molecular weight excluding hydrogens is 230 g/mol. The van der Waals surface area contributed by atoms with Crippen molar-refractivity contribution in [3.05, 3.63) is 0 Å². The second-order valence-electron chi connectivity index (χ2n) is 5.51. The second kappa shape index (κ2) is 5.26. The second-order valence-corrected chi connectivity index (χ2v) is 5.51. The number of rotatable bonds is 4. The summed E-state index contributed by atoms with van der Waals surface area (Å²) < 4.78 is 0. The van der Waals surface area contributed by atoms with Gasteiger partial charge < -0.3 is 15.5 Å². The van der Waals surface area contributed by atoms with Gasteiger partial charge in [-0.15, -0.1) is 0 Å². The molecule has 3 atom stereocenters. The van der Waals surface area contributed by atoms with E-state index in [2.05, 4.69) is 13.8 Å². The minimum Gasteiger partial charge on any atom is -0.330 e. The van der Waals surface area contributed by atoms with Gasteiger partial charge in [0.2, 0.25) is 11.8 Å². The molecule has 2 N–H and O–H groups in total. The molecule has 2 heterocycles. The van der Waals surface area contributed by atoms with Crippen molar-refractivity contribution < 1.29 is 9.59 Å². The molecule has 0 aromatic heterocycles. The number of fused-ring (bicyclic) bond motifs is 1. The van der Waals surface area contributed by atoms with E-state index >= 15 is 0 Å². The summed E-state index contributed by atoms with van der Waals surface area (Å²) in [7, 11) is 0. The number of nitrogens with two attached hydrogens (primary N) is 1. The van der Waals surface area contributed by atoms with Gasteiger partial charge in [-0.3, -0.25) is 9.59 Å². The lowest BCUT2D eigenvalue weighted by atomic mass is 9.99. The Kier molecular flexibility index (Phi) is 3.90. The largest absolute Gasteiger partial charge is 0.330 e. The Morgan fingerprint density at radius 3 is 2.83 bits per heavy atom. The molecule has 2 fully saturated rings. The average Bonchev–Trinajstić information content (AvgIpc) is 2.84. The molecule has 0 aromatic rings. The lowest BCUT2D eigenvalue weighted by Gasteiger charge is -2.38. The van der Waals surface area contributed by atoms with Crippen molar-refractivity contribution in [2.45, 2.75) is 45.2 Å².